The minimum atomic E-state index is -1.31. The Labute approximate surface area is 204 Å². The first-order valence-electron chi connectivity index (χ1n) is 11.1. The van der Waals surface area contributed by atoms with E-state index in [-0.39, 0.29) is 36.9 Å². The largest absolute Gasteiger partial charge is 0.465 e. The van der Waals surface area contributed by atoms with Crippen molar-refractivity contribution in [2.24, 2.45) is 0 Å². The van der Waals surface area contributed by atoms with Gasteiger partial charge in [0.2, 0.25) is 5.95 Å². The van der Waals surface area contributed by atoms with Crippen LogP contribution in [-0.2, 0) is 31.9 Å². The molecule has 0 radical (unpaired) electrons. The smallest absolute Gasteiger partial charge is 0.320 e. The van der Waals surface area contributed by atoms with Gasteiger partial charge in [0.25, 0.3) is 5.56 Å². The SMILES string of the molecule is CC.CCOC(=O)CNP(COCCn1cnc2c(=O)[nH]c(N)nc21)OCc1ccc(C#N)cc1. The number of imidazole rings is 1. The number of H-pyrrole nitrogens is 1. The summed E-state index contributed by atoms with van der Waals surface area (Å²) in [7, 11) is -1.31. The van der Waals surface area contributed by atoms with E-state index in [1.165, 1.54) is 6.33 Å². The summed E-state index contributed by atoms with van der Waals surface area (Å²) in [5, 5.41) is 11.9. The summed E-state index contributed by atoms with van der Waals surface area (Å²) in [5.41, 5.74) is 7.24. The maximum absolute atomic E-state index is 11.9. The second-order valence-corrected chi connectivity index (χ2v) is 8.29. The zero-order valence-electron chi connectivity index (χ0n) is 20.0. The molecule has 188 valence electrons. The summed E-state index contributed by atoms with van der Waals surface area (Å²) >= 11 is 0. The van der Waals surface area contributed by atoms with Crippen molar-refractivity contribution in [3.05, 3.63) is 52.1 Å². The van der Waals surface area contributed by atoms with E-state index in [1.54, 1.807) is 23.6 Å². The summed E-state index contributed by atoms with van der Waals surface area (Å²) in [4.78, 5) is 34.1. The van der Waals surface area contributed by atoms with Gasteiger partial charge in [-0.1, -0.05) is 26.0 Å². The second-order valence-electron chi connectivity index (χ2n) is 6.70. The molecule has 3 aromatic rings. The average molecular weight is 504 g/mol. The van der Waals surface area contributed by atoms with Gasteiger partial charge in [-0.05, 0) is 24.6 Å². The molecule has 0 aliphatic carbocycles. The van der Waals surface area contributed by atoms with E-state index in [1.807, 2.05) is 26.0 Å². The van der Waals surface area contributed by atoms with Crippen LogP contribution in [0.1, 0.15) is 31.9 Å². The molecule has 0 aliphatic rings. The fraction of sp³-hybridized carbons (Fsp3) is 0.409. The molecule has 2 heterocycles. The van der Waals surface area contributed by atoms with E-state index >= 15 is 0 Å². The molecule has 3 rings (SSSR count). The third-order valence-electron chi connectivity index (χ3n) is 4.35. The number of esters is 1. The predicted molar refractivity (Wildman–Crippen MR) is 132 cm³/mol. The van der Waals surface area contributed by atoms with Crippen molar-refractivity contribution in [3.63, 3.8) is 0 Å². The van der Waals surface area contributed by atoms with E-state index in [2.05, 4.69) is 26.1 Å². The highest BCUT2D eigenvalue weighted by atomic mass is 31.2. The highest BCUT2D eigenvalue weighted by Crippen LogP contribution is 2.33. The molecule has 0 aliphatic heterocycles. The fourth-order valence-electron chi connectivity index (χ4n) is 2.77. The number of benzene rings is 1. The minimum Gasteiger partial charge on any atom is -0.465 e. The molecule has 35 heavy (non-hydrogen) atoms. The van der Waals surface area contributed by atoms with Crippen molar-refractivity contribution in [1.82, 2.24) is 24.6 Å². The number of aromatic nitrogens is 4. The Morgan fingerprint density at radius 3 is 2.74 bits per heavy atom. The van der Waals surface area contributed by atoms with Crippen LogP contribution in [0.15, 0.2) is 35.4 Å². The minimum absolute atomic E-state index is 0.00555. The van der Waals surface area contributed by atoms with E-state index in [0.29, 0.717) is 31.0 Å². The molecular formula is C22H30N7O5P. The molecule has 0 spiro atoms. The average Bonchev–Trinajstić information content (AvgIpc) is 3.27. The molecule has 12 nitrogen and oxygen atoms in total. The van der Waals surface area contributed by atoms with Crippen LogP contribution in [0.5, 0.6) is 0 Å². The third kappa shape index (κ3) is 8.73. The van der Waals surface area contributed by atoms with Gasteiger partial charge in [-0.15, -0.1) is 0 Å². The summed E-state index contributed by atoms with van der Waals surface area (Å²) in [5.74, 6) is -0.371. The Morgan fingerprint density at radius 1 is 1.31 bits per heavy atom. The van der Waals surface area contributed by atoms with Crippen molar-refractivity contribution < 1.29 is 18.8 Å². The van der Waals surface area contributed by atoms with Gasteiger partial charge in [-0.2, -0.15) is 10.2 Å². The van der Waals surface area contributed by atoms with E-state index in [0.717, 1.165) is 5.56 Å². The molecule has 4 N–H and O–H groups in total. The topological polar surface area (TPSA) is 170 Å². The highest BCUT2D eigenvalue weighted by Gasteiger charge is 2.14. The van der Waals surface area contributed by atoms with Crippen molar-refractivity contribution in [3.8, 4) is 6.07 Å². The van der Waals surface area contributed by atoms with Crippen LogP contribution in [0.3, 0.4) is 0 Å². The third-order valence-corrected chi connectivity index (χ3v) is 5.72. The van der Waals surface area contributed by atoms with Crippen LogP contribution >= 0.6 is 8.30 Å². The molecule has 0 amide bonds. The number of carbonyl (C=O) groups excluding carboxylic acids is 1. The number of nitrogens with one attached hydrogen (secondary N) is 2. The first kappa shape index (κ1) is 27.9. The summed E-state index contributed by atoms with van der Waals surface area (Å²) in [6, 6.07) is 9.11. The lowest BCUT2D eigenvalue weighted by molar-refractivity contribution is -0.141. The Morgan fingerprint density at radius 2 is 2.06 bits per heavy atom. The standard InChI is InChI=1S/C20H24N7O5P.C2H6/c1-2-31-16(28)10-24-33(32-11-15-5-3-14(9-21)4-6-15)13-30-8-7-27-12-23-17-18(27)25-20(22)26-19(17)29;1-2/h3-6,12,24H,2,7-8,10-11,13H2,1H3,(H3,22,25,26,29);1-2H3. The van der Waals surface area contributed by atoms with Gasteiger partial charge in [0.1, 0.15) is 14.6 Å². The van der Waals surface area contributed by atoms with Crippen molar-refractivity contribution in [2.45, 2.75) is 33.9 Å². The number of nitrogens with zero attached hydrogens (tertiary/aromatic N) is 4. The number of nitrogens with two attached hydrogens (primary N) is 1. The molecule has 1 atom stereocenters. The lowest BCUT2D eigenvalue weighted by atomic mass is 10.2. The molecular weight excluding hydrogens is 473 g/mol. The van der Waals surface area contributed by atoms with Gasteiger partial charge in [-0.25, -0.2) is 4.98 Å². The van der Waals surface area contributed by atoms with Crippen molar-refractivity contribution >= 4 is 31.4 Å². The maximum atomic E-state index is 11.9. The Hall–Kier alpha value is -3.36. The van der Waals surface area contributed by atoms with E-state index < -0.39 is 13.9 Å². The highest BCUT2D eigenvalue weighted by molar-refractivity contribution is 7.50. The van der Waals surface area contributed by atoms with Crippen molar-refractivity contribution in [2.75, 3.05) is 31.8 Å². The number of hydrogen-bond acceptors (Lipinski definition) is 10. The Balaban J connectivity index is 0.00000210. The quantitative estimate of drug-likeness (QED) is 0.189. The van der Waals surface area contributed by atoms with Crippen LogP contribution in [0.2, 0.25) is 0 Å². The molecule has 1 unspecified atom stereocenters. The van der Waals surface area contributed by atoms with Crippen molar-refractivity contribution in [1.29, 1.82) is 5.26 Å². The fourth-order valence-corrected chi connectivity index (χ4v) is 3.93. The van der Waals surface area contributed by atoms with Gasteiger partial charge in [0.05, 0.1) is 44.3 Å². The first-order chi connectivity index (χ1) is 17.0. The first-order valence-corrected chi connectivity index (χ1v) is 12.5. The maximum Gasteiger partial charge on any atom is 0.320 e. The summed E-state index contributed by atoms with van der Waals surface area (Å²) < 4.78 is 18.3. The van der Waals surface area contributed by atoms with Crippen LogP contribution in [0.25, 0.3) is 11.2 Å². The number of hydrogen-bond donors (Lipinski definition) is 3. The summed E-state index contributed by atoms with van der Waals surface area (Å²) in [6.45, 7) is 6.99. The molecule has 0 saturated carbocycles. The number of aromatic amines is 1. The van der Waals surface area contributed by atoms with Crippen LogP contribution < -0.4 is 16.4 Å². The molecule has 2 aromatic heterocycles. The molecule has 0 saturated heterocycles. The van der Waals surface area contributed by atoms with E-state index in [9.17, 15) is 9.59 Å². The Kier molecular flexibility index (Phi) is 11.8. The predicted octanol–water partition coefficient (Wildman–Crippen LogP) is 2.26. The molecule has 0 fully saturated rings. The number of ether oxygens (including phenoxy) is 2. The number of nitrogen functional groups attached to an aromatic ring is 1. The number of fused-ring (bicyclic) bond motifs is 1. The Bertz CT molecular complexity index is 1170. The zero-order chi connectivity index (χ0) is 25.6. The van der Waals surface area contributed by atoms with Gasteiger partial charge >= 0.3 is 5.97 Å². The molecule has 13 heteroatoms. The lowest BCUT2D eigenvalue weighted by Gasteiger charge is -2.19. The number of nitriles is 1. The van der Waals surface area contributed by atoms with Crippen LogP contribution in [-0.4, -0.2) is 51.6 Å². The monoisotopic (exact) mass is 503 g/mol. The normalized spacial score (nSPS) is 11.4. The van der Waals surface area contributed by atoms with Crippen LogP contribution in [0, 0.1) is 11.3 Å². The number of anilines is 1. The van der Waals surface area contributed by atoms with E-state index in [4.69, 9.17) is 25.0 Å². The number of carbonyl (C=O) groups is 1. The zero-order valence-corrected chi connectivity index (χ0v) is 20.9. The van der Waals surface area contributed by atoms with Gasteiger partial charge in [-0.3, -0.25) is 19.7 Å². The van der Waals surface area contributed by atoms with Crippen LogP contribution in [0.4, 0.5) is 5.95 Å². The number of rotatable bonds is 12. The second kappa shape index (κ2) is 14.8. The van der Waals surface area contributed by atoms with Gasteiger partial charge in [0, 0.05) is 6.54 Å². The van der Waals surface area contributed by atoms with Gasteiger partial charge in [0.15, 0.2) is 11.2 Å². The molecule has 0 bridgehead atoms. The lowest BCUT2D eigenvalue weighted by Crippen LogP contribution is -2.23. The van der Waals surface area contributed by atoms with Gasteiger partial charge < -0.3 is 24.3 Å². The molecule has 1 aromatic carbocycles. The summed E-state index contributed by atoms with van der Waals surface area (Å²) in [6.07, 6.45) is 1.72.